The summed E-state index contributed by atoms with van der Waals surface area (Å²) in [6.07, 6.45) is 3.03. The van der Waals surface area contributed by atoms with Crippen LogP contribution in [0.2, 0.25) is 0 Å². The average Bonchev–Trinajstić information content (AvgIpc) is 2.70. The Morgan fingerprint density at radius 2 is 2.31 bits per heavy atom. The van der Waals surface area contributed by atoms with Crippen LogP contribution in [0, 0.1) is 0 Å². The molecule has 1 amide bonds. The summed E-state index contributed by atoms with van der Waals surface area (Å²) in [5.74, 6) is -1.36. The van der Waals surface area contributed by atoms with Gasteiger partial charge in [0.25, 0.3) is 5.91 Å². The average molecular weight is 227 g/mol. The number of carboxylic acid groups (broad SMARTS) is 1. The van der Waals surface area contributed by atoms with Gasteiger partial charge in [-0.05, 0) is 13.3 Å². The minimum atomic E-state index is -1.20. The van der Waals surface area contributed by atoms with Crippen LogP contribution in [0.4, 0.5) is 0 Å². The summed E-state index contributed by atoms with van der Waals surface area (Å²) >= 11 is 0. The van der Waals surface area contributed by atoms with Crippen molar-refractivity contribution in [1.82, 2.24) is 5.32 Å². The highest BCUT2D eigenvalue weighted by Crippen LogP contribution is 2.16. The summed E-state index contributed by atoms with van der Waals surface area (Å²) in [6, 6.07) is 0. The Hall–Kier alpha value is -1.52. The van der Waals surface area contributed by atoms with Gasteiger partial charge in [0.1, 0.15) is 5.54 Å². The number of aliphatic carboxylic acids is 1. The molecule has 0 aromatic heterocycles. The molecule has 1 unspecified atom stereocenters. The largest absolute Gasteiger partial charge is 0.500 e. The van der Waals surface area contributed by atoms with Gasteiger partial charge in [-0.25, -0.2) is 4.79 Å². The van der Waals surface area contributed by atoms with Crippen LogP contribution in [-0.2, 0) is 14.3 Å². The third kappa shape index (κ3) is 2.74. The predicted molar refractivity (Wildman–Crippen MR) is 57.7 cm³/mol. The SMILES string of the molecule is CCCC(C)(NC(=O)C1=COCC1)C(=O)O. The van der Waals surface area contributed by atoms with Gasteiger partial charge in [0, 0.05) is 6.42 Å². The first-order chi connectivity index (χ1) is 7.49. The van der Waals surface area contributed by atoms with E-state index in [0.29, 0.717) is 31.4 Å². The molecular weight excluding hydrogens is 210 g/mol. The van der Waals surface area contributed by atoms with Crippen molar-refractivity contribution in [2.24, 2.45) is 0 Å². The van der Waals surface area contributed by atoms with Gasteiger partial charge in [-0.15, -0.1) is 0 Å². The molecule has 0 spiro atoms. The van der Waals surface area contributed by atoms with Crippen LogP contribution in [0.25, 0.3) is 0 Å². The molecule has 1 heterocycles. The zero-order chi connectivity index (χ0) is 12.2. The quantitative estimate of drug-likeness (QED) is 0.736. The highest BCUT2D eigenvalue weighted by molar-refractivity contribution is 5.97. The van der Waals surface area contributed by atoms with Crippen molar-refractivity contribution in [2.45, 2.75) is 38.6 Å². The van der Waals surface area contributed by atoms with Gasteiger partial charge in [0.05, 0.1) is 18.4 Å². The van der Waals surface area contributed by atoms with Crippen LogP contribution in [0.15, 0.2) is 11.8 Å². The van der Waals surface area contributed by atoms with Crippen molar-refractivity contribution in [2.75, 3.05) is 6.61 Å². The molecule has 5 heteroatoms. The van der Waals surface area contributed by atoms with Crippen molar-refractivity contribution >= 4 is 11.9 Å². The summed E-state index contributed by atoms with van der Waals surface area (Å²) in [4.78, 5) is 22.8. The van der Waals surface area contributed by atoms with Crippen molar-refractivity contribution in [3.8, 4) is 0 Å². The third-order valence-electron chi connectivity index (χ3n) is 2.62. The number of carbonyl (C=O) groups excluding carboxylic acids is 1. The van der Waals surface area contributed by atoms with E-state index in [-0.39, 0.29) is 5.91 Å². The lowest BCUT2D eigenvalue weighted by Gasteiger charge is -2.25. The Bertz CT molecular complexity index is 324. The highest BCUT2D eigenvalue weighted by atomic mass is 16.5. The van der Waals surface area contributed by atoms with Crippen LogP contribution in [-0.4, -0.2) is 29.1 Å². The number of hydrogen-bond donors (Lipinski definition) is 2. The molecule has 0 bridgehead atoms. The fourth-order valence-electron chi connectivity index (χ4n) is 1.61. The van der Waals surface area contributed by atoms with Gasteiger partial charge >= 0.3 is 5.97 Å². The smallest absolute Gasteiger partial charge is 0.329 e. The van der Waals surface area contributed by atoms with Crippen LogP contribution in [0.5, 0.6) is 0 Å². The van der Waals surface area contributed by atoms with Gasteiger partial charge in [0.15, 0.2) is 0 Å². The van der Waals surface area contributed by atoms with E-state index < -0.39 is 11.5 Å². The van der Waals surface area contributed by atoms with Gasteiger partial charge in [0.2, 0.25) is 0 Å². The van der Waals surface area contributed by atoms with Gasteiger partial charge in [-0.3, -0.25) is 4.79 Å². The first-order valence-corrected chi connectivity index (χ1v) is 5.36. The maximum Gasteiger partial charge on any atom is 0.329 e. The molecule has 0 radical (unpaired) electrons. The molecule has 1 rings (SSSR count). The molecule has 90 valence electrons. The predicted octanol–water partition coefficient (Wildman–Crippen LogP) is 1.05. The van der Waals surface area contributed by atoms with Gasteiger partial charge in [-0.1, -0.05) is 13.3 Å². The van der Waals surface area contributed by atoms with E-state index in [0.717, 1.165) is 0 Å². The minimum absolute atomic E-state index is 0.351. The Kier molecular flexibility index (Phi) is 3.93. The van der Waals surface area contributed by atoms with E-state index in [9.17, 15) is 9.59 Å². The Labute approximate surface area is 94.5 Å². The number of nitrogens with one attached hydrogen (secondary N) is 1. The lowest BCUT2D eigenvalue weighted by Crippen LogP contribution is -2.52. The second-order valence-corrected chi connectivity index (χ2v) is 4.11. The molecule has 0 saturated carbocycles. The van der Waals surface area contributed by atoms with Crippen LogP contribution < -0.4 is 5.32 Å². The van der Waals surface area contributed by atoms with E-state index in [1.54, 1.807) is 0 Å². The molecule has 0 saturated heterocycles. The summed E-state index contributed by atoms with van der Waals surface area (Å²) in [5, 5.41) is 11.6. The van der Waals surface area contributed by atoms with Crippen molar-refractivity contribution in [1.29, 1.82) is 0 Å². The molecular formula is C11H17NO4. The summed E-state index contributed by atoms with van der Waals surface area (Å²) in [6.45, 7) is 3.89. The topological polar surface area (TPSA) is 75.6 Å². The molecule has 1 aliphatic heterocycles. The van der Waals surface area contributed by atoms with Crippen molar-refractivity contribution in [3.05, 3.63) is 11.8 Å². The molecule has 0 aliphatic carbocycles. The van der Waals surface area contributed by atoms with Crippen molar-refractivity contribution < 1.29 is 19.4 Å². The number of carbonyl (C=O) groups is 2. The van der Waals surface area contributed by atoms with Crippen LogP contribution >= 0.6 is 0 Å². The third-order valence-corrected chi connectivity index (χ3v) is 2.62. The van der Waals surface area contributed by atoms with Gasteiger partial charge < -0.3 is 15.2 Å². The summed E-state index contributed by atoms with van der Waals surface area (Å²) in [7, 11) is 0. The Morgan fingerprint density at radius 1 is 1.62 bits per heavy atom. The first-order valence-electron chi connectivity index (χ1n) is 5.36. The lowest BCUT2D eigenvalue weighted by molar-refractivity contribution is -0.146. The van der Waals surface area contributed by atoms with E-state index in [1.807, 2.05) is 6.92 Å². The zero-order valence-corrected chi connectivity index (χ0v) is 9.58. The number of hydrogen-bond acceptors (Lipinski definition) is 3. The maximum atomic E-state index is 11.7. The van der Waals surface area contributed by atoms with E-state index >= 15 is 0 Å². The summed E-state index contributed by atoms with van der Waals surface area (Å²) in [5.41, 5.74) is -0.696. The standard InChI is InChI=1S/C11H17NO4/c1-3-5-11(2,10(14)15)12-9(13)8-4-6-16-7-8/h7H,3-6H2,1-2H3,(H,12,13)(H,14,15). The molecule has 2 N–H and O–H groups in total. The summed E-state index contributed by atoms with van der Waals surface area (Å²) < 4.78 is 4.94. The molecule has 0 aromatic carbocycles. The van der Waals surface area contributed by atoms with Gasteiger partial charge in [-0.2, -0.15) is 0 Å². The highest BCUT2D eigenvalue weighted by Gasteiger charge is 2.34. The van der Waals surface area contributed by atoms with Crippen LogP contribution in [0.3, 0.4) is 0 Å². The monoisotopic (exact) mass is 227 g/mol. The molecule has 1 atom stereocenters. The minimum Gasteiger partial charge on any atom is -0.500 e. The number of carboxylic acids is 1. The zero-order valence-electron chi connectivity index (χ0n) is 9.58. The normalized spacial score (nSPS) is 18.2. The first kappa shape index (κ1) is 12.5. The Balaban J connectivity index is 2.68. The molecule has 5 nitrogen and oxygen atoms in total. The molecule has 0 aromatic rings. The van der Waals surface area contributed by atoms with E-state index in [4.69, 9.17) is 9.84 Å². The second kappa shape index (κ2) is 5.01. The fourth-order valence-corrected chi connectivity index (χ4v) is 1.61. The van der Waals surface area contributed by atoms with E-state index in [1.165, 1.54) is 13.2 Å². The fraction of sp³-hybridized carbons (Fsp3) is 0.636. The molecule has 0 fully saturated rings. The Morgan fingerprint density at radius 3 is 2.75 bits per heavy atom. The number of ether oxygens (including phenoxy) is 1. The lowest BCUT2D eigenvalue weighted by atomic mass is 9.95. The number of rotatable bonds is 5. The maximum absolute atomic E-state index is 11.7. The molecule has 1 aliphatic rings. The second-order valence-electron chi connectivity index (χ2n) is 4.11. The van der Waals surface area contributed by atoms with Crippen molar-refractivity contribution in [3.63, 3.8) is 0 Å². The number of amides is 1. The van der Waals surface area contributed by atoms with E-state index in [2.05, 4.69) is 5.32 Å². The van der Waals surface area contributed by atoms with Crippen LogP contribution in [0.1, 0.15) is 33.1 Å². The molecule has 16 heavy (non-hydrogen) atoms.